The van der Waals surface area contributed by atoms with E-state index < -0.39 is 0 Å². The van der Waals surface area contributed by atoms with Gasteiger partial charge in [0.2, 0.25) is 0 Å². The molecule has 1 aliphatic rings. The third kappa shape index (κ3) is 5.05. The van der Waals surface area contributed by atoms with Crippen LogP contribution < -0.4 is 11.1 Å². The van der Waals surface area contributed by atoms with Gasteiger partial charge in [-0.05, 0) is 63.4 Å². The van der Waals surface area contributed by atoms with Crippen molar-refractivity contribution in [2.45, 2.75) is 46.1 Å². The van der Waals surface area contributed by atoms with Crippen LogP contribution in [0.4, 0.5) is 5.69 Å². The third-order valence-electron chi connectivity index (χ3n) is 4.10. The van der Waals surface area contributed by atoms with Gasteiger partial charge in [0, 0.05) is 18.3 Å². The Labute approximate surface area is 128 Å². The summed E-state index contributed by atoms with van der Waals surface area (Å²) in [6, 6.07) is 7.00. The number of guanidine groups is 1. The molecule has 1 aromatic rings. The lowest BCUT2D eigenvalue weighted by atomic mass is 10.0. The Morgan fingerprint density at radius 1 is 1.29 bits per heavy atom. The fourth-order valence-electron chi connectivity index (χ4n) is 3.02. The summed E-state index contributed by atoms with van der Waals surface area (Å²) in [7, 11) is 0. The number of nitrogens with zero attached hydrogens (tertiary/aromatic N) is 2. The molecule has 2 rings (SSSR count). The molecule has 0 aliphatic carbocycles. The van der Waals surface area contributed by atoms with Crippen LogP contribution in [0.2, 0.25) is 0 Å². The normalized spacial score (nSPS) is 20.5. The summed E-state index contributed by atoms with van der Waals surface area (Å²) in [5.74, 6) is 0.504. The predicted octanol–water partition coefficient (Wildman–Crippen LogP) is 2.90. The highest BCUT2D eigenvalue weighted by Crippen LogP contribution is 2.16. The zero-order chi connectivity index (χ0) is 15.2. The topological polar surface area (TPSA) is 53.6 Å². The molecule has 1 atom stereocenters. The van der Waals surface area contributed by atoms with Gasteiger partial charge in [0.05, 0.1) is 6.54 Å². The Hall–Kier alpha value is -1.55. The van der Waals surface area contributed by atoms with E-state index in [9.17, 15) is 0 Å². The lowest BCUT2D eigenvalue weighted by Crippen LogP contribution is -2.39. The molecule has 0 spiro atoms. The molecule has 1 aromatic carbocycles. The Balaban J connectivity index is 1.83. The van der Waals surface area contributed by atoms with E-state index in [-0.39, 0.29) is 0 Å². The number of rotatable bonds is 4. The van der Waals surface area contributed by atoms with E-state index in [1.807, 2.05) is 0 Å². The number of piperidine rings is 1. The number of aryl methyl sites for hydroxylation is 2. The van der Waals surface area contributed by atoms with E-state index in [0.717, 1.165) is 18.8 Å². The van der Waals surface area contributed by atoms with Crippen molar-refractivity contribution in [2.75, 3.05) is 25.0 Å². The SMILES string of the molecule is Cc1cc(C)cc(NC(N)=NCCN2CCCCC2C)c1. The van der Waals surface area contributed by atoms with Gasteiger partial charge in [-0.2, -0.15) is 0 Å². The Bertz CT molecular complexity index is 475. The molecule has 0 amide bonds. The van der Waals surface area contributed by atoms with Crippen molar-refractivity contribution < 1.29 is 0 Å². The number of aliphatic imine (C=N–C) groups is 1. The molecule has 0 aromatic heterocycles. The van der Waals surface area contributed by atoms with Gasteiger partial charge in [-0.15, -0.1) is 0 Å². The van der Waals surface area contributed by atoms with Gasteiger partial charge >= 0.3 is 0 Å². The van der Waals surface area contributed by atoms with Crippen molar-refractivity contribution in [1.29, 1.82) is 0 Å². The smallest absolute Gasteiger partial charge is 0.193 e. The molecule has 116 valence electrons. The Morgan fingerprint density at radius 3 is 2.67 bits per heavy atom. The molecule has 3 N–H and O–H groups in total. The predicted molar refractivity (Wildman–Crippen MR) is 90.9 cm³/mol. The Kier molecular flexibility index (Phi) is 5.62. The number of benzene rings is 1. The van der Waals surface area contributed by atoms with Crippen molar-refractivity contribution in [1.82, 2.24) is 4.90 Å². The van der Waals surface area contributed by atoms with Crippen LogP contribution in [-0.2, 0) is 0 Å². The lowest BCUT2D eigenvalue weighted by Gasteiger charge is -2.32. The highest BCUT2D eigenvalue weighted by molar-refractivity contribution is 5.92. The monoisotopic (exact) mass is 288 g/mol. The fourth-order valence-corrected chi connectivity index (χ4v) is 3.02. The van der Waals surface area contributed by atoms with Gasteiger partial charge in [-0.1, -0.05) is 12.5 Å². The molecule has 1 heterocycles. The van der Waals surface area contributed by atoms with Gasteiger partial charge in [0.15, 0.2) is 5.96 Å². The van der Waals surface area contributed by atoms with Crippen LogP contribution in [0.3, 0.4) is 0 Å². The van der Waals surface area contributed by atoms with E-state index in [0.29, 0.717) is 12.0 Å². The van der Waals surface area contributed by atoms with Gasteiger partial charge < -0.3 is 11.1 Å². The molecular weight excluding hydrogens is 260 g/mol. The summed E-state index contributed by atoms with van der Waals surface area (Å²) >= 11 is 0. The van der Waals surface area contributed by atoms with E-state index >= 15 is 0 Å². The number of likely N-dealkylation sites (tertiary alicyclic amines) is 1. The van der Waals surface area contributed by atoms with Crippen LogP contribution in [0.15, 0.2) is 23.2 Å². The largest absolute Gasteiger partial charge is 0.370 e. The quantitative estimate of drug-likeness (QED) is 0.661. The maximum Gasteiger partial charge on any atom is 0.193 e. The molecule has 4 nitrogen and oxygen atoms in total. The van der Waals surface area contributed by atoms with E-state index in [2.05, 4.69) is 54.2 Å². The minimum atomic E-state index is 0.504. The van der Waals surface area contributed by atoms with Crippen molar-refractivity contribution >= 4 is 11.6 Å². The van der Waals surface area contributed by atoms with Crippen LogP contribution in [0.25, 0.3) is 0 Å². The number of anilines is 1. The van der Waals surface area contributed by atoms with Crippen LogP contribution >= 0.6 is 0 Å². The summed E-state index contributed by atoms with van der Waals surface area (Å²) in [5, 5.41) is 3.18. The van der Waals surface area contributed by atoms with Crippen molar-refractivity contribution in [3.63, 3.8) is 0 Å². The molecule has 0 radical (unpaired) electrons. The Morgan fingerprint density at radius 2 is 2.00 bits per heavy atom. The number of hydrogen-bond donors (Lipinski definition) is 2. The van der Waals surface area contributed by atoms with Crippen LogP contribution in [0, 0.1) is 13.8 Å². The maximum absolute atomic E-state index is 5.98. The maximum atomic E-state index is 5.98. The molecule has 1 aliphatic heterocycles. The van der Waals surface area contributed by atoms with Crippen molar-refractivity contribution in [3.8, 4) is 0 Å². The van der Waals surface area contributed by atoms with Crippen LogP contribution in [-0.4, -0.2) is 36.5 Å². The second kappa shape index (κ2) is 7.46. The average Bonchev–Trinajstić information content (AvgIpc) is 2.39. The number of nitrogens with two attached hydrogens (primary N) is 1. The number of hydrogen-bond acceptors (Lipinski definition) is 2. The van der Waals surface area contributed by atoms with E-state index in [1.165, 1.54) is 36.9 Å². The molecule has 21 heavy (non-hydrogen) atoms. The molecule has 0 bridgehead atoms. The summed E-state index contributed by atoms with van der Waals surface area (Å²) in [5.41, 5.74) is 9.45. The molecule has 1 fully saturated rings. The molecule has 0 saturated carbocycles. The van der Waals surface area contributed by atoms with Crippen molar-refractivity contribution in [3.05, 3.63) is 29.3 Å². The fraction of sp³-hybridized carbons (Fsp3) is 0.588. The zero-order valence-electron chi connectivity index (χ0n) is 13.5. The molecule has 1 unspecified atom stereocenters. The molecule has 4 heteroatoms. The summed E-state index contributed by atoms with van der Waals surface area (Å²) < 4.78 is 0. The number of nitrogens with one attached hydrogen (secondary N) is 1. The third-order valence-corrected chi connectivity index (χ3v) is 4.10. The second-order valence-electron chi connectivity index (χ2n) is 6.15. The minimum Gasteiger partial charge on any atom is -0.370 e. The van der Waals surface area contributed by atoms with Crippen LogP contribution in [0.1, 0.15) is 37.3 Å². The molecular formula is C17H28N4. The van der Waals surface area contributed by atoms with E-state index in [4.69, 9.17) is 5.73 Å². The highest BCUT2D eigenvalue weighted by Gasteiger charge is 2.16. The van der Waals surface area contributed by atoms with Gasteiger partial charge in [0.25, 0.3) is 0 Å². The standard InChI is InChI=1S/C17H28N4/c1-13-10-14(2)12-16(11-13)20-17(18)19-7-9-21-8-5-4-6-15(21)3/h10-12,15H,4-9H2,1-3H3,(H3,18,19,20). The van der Waals surface area contributed by atoms with E-state index in [1.54, 1.807) is 0 Å². The lowest BCUT2D eigenvalue weighted by molar-refractivity contribution is 0.166. The van der Waals surface area contributed by atoms with Gasteiger partial charge in [0.1, 0.15) is 0 Å². The zero-order valence-corrected chi connectivity index (χ0v) is 13.5. The van der Waals surface area contributed by atoms with Gasteiger partial charge in [-0.25, -0.2) is 0 Å². The summed E-state index contributed by atoms with van der Waals surface area (Å²) in [4.78, 5) is 6.96. The average molecular weight is 288 g/mol. The first-order chi connectivity index (χ1) is 10.0. The second-order valence-corrected chi connectivity index (χ2v) is 6.15. The first kappa shape index (κ1) is 15.8. The minimum absolute atomic E-state index is 0.504. The molecule has 1 saturated heterocycles. The summed E-state index contributed by atoms with van der Waals surface area (Å²) in [6.07, 6.45) is 3.97. The first-order valence-electron chi connectivity index (χ1n) is 7.94. The van der Waals surface area contributed by atoms with Crippen molar-refractivity contribution in [2.24, 2.45) is 10.7 Å². The first-order valence-corrected chi connectivity index (χ1v) is 7.94. The van der Waals surface area contributed by atoms with Crippen LogP contribution in [0.5, 0.6) is 0 Å². The summed E-state index contributed by atoms with van der Waals surface area (Å²) in [6.45, 7) is 9.43. The highest BCUT2D eigenvalue weighted by atomic mass is 15.2. The van der Waals surface area contributed by atoms with Gasteiger partial charge in [-0.3, -0.25) is 9.89 Å².